The Bertz CT molecular complexity index is 2520. The Kier molecular flexibility index (Phi) is 11.4. The van der Waals surface area contributed by atoms with E-state index in [1.807, 2.05) is 97.1 Å². The van der Waals surface area contributed by atoms with Crippen LogP contribution in [0, 0.1) is 0 Å². The zero-order chi connectivity index (χ0) is 39.6. The van der Waals surface area contributed by atoms with E-state index in [4.69, 9.17) is 29.9 Å². The van der Waals surface area contributed by atoms with E-state index >= 15 is 0 Å². The Morgan fingerprint density at radius 3 is 0.966 bits per heavy atom. The summed E-state index contributed by atoms with van der Waals surface area (Å²) < 4.78 is 108. The van der Waals surface area contributed by atoms with Gasteiger partial charge >= 0.3 is 23.9 Å². The number of fused-ring (bicyclic) bond motifs is 20. The van der Waals surface area contributed by atoms with Crippen molar-refractivity contribution in [3.8, 4) is 45.6 Å². The third-order valence-corrected chi connectivity index (χ3v) is 9.13. The van der Waals surface area contributed by atoms with Crippen LogP contribution in [0.4, 0.5) is 39.5 Å². The first-order valence-corrected chi connectivity index (χ1v) is 16.7. The number of nitrogens with one attached hydrogen (secondary N) is 2. The summed E-state index contributed by atoms with van der Waals surface area (Å²) in [5.41, 5.74) is 10.9. The molecule has 4 N–H and O–H groups in total. The Balaban J connectivity index is 0.000000272. The Morgan fingerprint density at radius 1 is 0.431 bits per heavy atom. The van der Waals surface area contributed by atoms with Crippen LogP contribution in [-0.4, -0.2) is 70.4 Å². The van der Waals surface area contributed by atoms with E-state index < -0.39 is 36.9 Å². The summed E-state index contributed by atoms with van der Waals surface area (Å²) in [4.78, 5) is 36.8. The van der Waals surface area contributed by atoms with Gasteiger partial charge in [-0.15, -0.1) is 24.0 Å². The quantitative estimate of drug-likeness (QED) is 0.0908. The number of aromatic nitrogens is 8. The van der Waals surface area contributed by atoms with Crippen LogP contribution in [0.2, 0.25) is 0 Å². The fraction of sp³-hybridized carbons (Fsp3) is 0.158. The predicted octanol–water partition coefficient (Wildman–Crippen LogP) is 10.3. The van der Waals surface area contributed by atoms with E-state index in [0.29, 0.717) is 45.9 Å². The predicted molar refractivity (Wildman–Crippen MR) is 206 cm³/mol. The van der Waals surface area contributed by atoms with Crippen LogP contribution in [0.25, 0.3) is 89.7 Å². The zero-order valence-corrected chi connectivity index (χ0v) is 34.7. The van der Waals surface area contributed by atoms with Gasteiger partial charge in [0, 0.05) is 69.7 Å². The molecule has 294 valence electrons. The van der Waals surface area contributed by atoms with Gasteiger partial charge in [0.25, 0.3) is 0 Å². The number of H-pyrrole nitrogens is 2. The molecule has 0 spiro atoms. The van der Waals surface area contributed by atoms with E-state index in [1.165, 1.54) is 0 Å². The van der Waals surface area contributed by atoms with E-state index in [0.717, 1.165) is 43.8 Å². The number of benzene rings is 4. The summed E-state index contributed by atoms with van der Waals surface area (Å²) in [6.07, 6.45) is -8.75. The molecule has 20 heteroatoms. The molecule has 0 unspecified atom stereocenters. The molecule has 5 heterocycles. The molecule has 9 nitrogen and oxygen atoms in total. The molecule has 0 saturated heterocycles. The number of hydrogen-bond donors (Lipinski definition) is 3. The molecule has 8 bridgehead atoms. The minimum Gasteiger partial charge on any atom is -0.330 e. The Hall–Kier alpha value is -5.08. The van der Waals surface area contributed by atoms with Crippen LogP contribution >= 0.6 is 24.0 Å². The molecule has 0 saturated carbocycles. The van der Waals surface area contributed by atoms with Gasteiger partial charge in [0.05, 0.1) is 0 Å². The van der Waals surface area contributed by atoms with Crippen LogP contribution < -0.4 is 5.73 Å². The third kappa shape index (κ3) is 7.08. The number of aromatic amines is 2. The summed E-state index contributed by atoms with van der Waals surface area (Å²) >= 11 is 0. The number of halogens is 10. The average Bonchev–Trinajstić information content (AvgIpc) is 3.90. The van der Waals surface area contributed by atoms with Gasteiger partial charge < -0.3 is 15.7 Å². The number of alkyl halides is 9. The van der Waals surface area contributed by atoms with Gasteiger partial charge in [-0.25, -0.2) is 29.9 Å². The maximum atomic E-state index is 12.4. The van der Waals surface area contributed by atoms with Gasteiger partial charge in [0.2, 0.25) is 0 Å². The molecule has 3 aromatic heterocycles. The molecule has 0 atom stereocenters. The van der Waals surface area contributed by atoms with E-state index in [2.05, 4.69) is 15.7 Å². The number of hydrogen-bond acceptors (Lipinski definition) is 7. The molecule has 4 aromatic carbocycles. The van der Waals surface area contributed by atoms with Crippen molar-refractivity contribution in [3.63, 3.8) is 0 Å². The molecule has 0 radical (unpaired) electrons. The smallest absolute Gasteiger partial charge is 0.330 e. The SMILES string of the molecule is I.NCCC(F)(F)C(F)(F)C(F)(F)C(F)(F)F.[Zn].c1ccc2c(c1)-c1nc-2nc2[nH]c(nc3nc(nc4[nH]c(n1)c1ccccc41)-c1ccccc1-3)c1ccccc21. The first-order valence-electron chi connectivity index (χ1n) is 16.7. The van der Waals surface area contributed by atoms with Crippen molar-refractivity contribution in [2.45, 2.75) is 30.4 Å². The van der Waals surface area contributed by atoms with Crippen LogP contribution in [0.1, 0.15) is 6.42 Å². The summed E-state index contributed by atoms with van der Waals surface area (Å²) in [5.74, 6) is -16.5. The summed E-state index contributed by atoms with van der Waals surface area (Å²) in [5, 5.41) is 3.82. The third-order valence-electron chi connectivity index (χ3n) is 9.13. The van der Waals surface area contributed by atoms with Gasteiger partial charge in [0.15, 0.2) is 23.3 Å². The van der Waals surface area contributed by atoms with Crippen molar-refractivity contribution in [1.82, 2.24) is 39.9 Å². The molecular weight excluding hydrogens is 946 g/mol. The average molecular weight is 971 g/mol. The van der Waals surface area contributed by atoms with Gasteiger partial charge in [-0.1, -0.05) is 97.1 Å². The first-order chi connectivity index (χ1) is 26.6. The number of nitrogens with zero attached hydrogens (tertiary/aromatic N) is 6. The maximum absolute atomic E-state index is 12.4. The second-order valence-electron chi connectivity index (χ2n) is 12.7. The fourth-order valence-electron chi connectivity index (χ4n) is 6.34. The van der Waals surface area contributed by atoms with Crippen LogP contribution in [0.15, 0.2) is 97.1 Å². The van der Waals surface area contributed by atoms with Crippen molar-refractivity contribution in [2.75, 3.05) is 6.54 Å². The summed E-state index contributed by atoms with van der Waals surface area (Å²) in [6, 6.07) is 32.2. The zero-order valence-electron chi connectivity index (χ0n) is 29.4. The number of rotatable bonds is 4. The molecule has 7 aromatic rings. The molecule has 0 amide bonds. The molecule has 0 fully saturated rings. The first kappa shape index (κ1) is 42.5. The van der Waals surface area contributed by atoms with Crippen molar-refractivity contribution in [1.29, 1.82) is 0 Å². The van der Waals surface area contributed by atoms with Crippen molar-refractivity contribution in [2.24, 2.45) is 5.73 Å². The Labute approximate surface area is 350 Å². The molecule has 0 aliphatic carbocycles. The van der Waals surface area contributed by atoms with Gasteiger partial charge in [-0.3, -0.25) is 0 Å². The Morgan fingerprint density at radius 2 is 0.707 bits per heavy atom. The molecule has 2 aliphatic heterocycles. The molecular formula is C38H25F9IN9Zn. The fourth-order valence-corrected chi connectivity index (χ4v) is 6.34. The maximum Gasteiger partial charge on any atom is 0.460 e. The normalized spacial score (nSPS) is 12.5. The largest absolute Gasteiger partial charge is 0.460 e. The molecule has 9 rings (SSSR count). The number of nitrogens with two attached hydrogens (primary N) is 1. The van der Waals surface area contributed by atoms with Crippen LogP contribution in [0.3, 0.4) is 0 Å². The van der Waals surface area contributed by atoms with Crippen molar-refractivity contribution in [3.05, 3.63) is 97.1 Å². The van der Waals surface area contributed by atoms with Gasteiger partial charge in [0.1, 0.15) is 22.6 Å². The topological polar surface area (TPSA) is 135 Å². The molecule has 58 heavy (non-hydrogen) atoms. The summed E-state index contributed by atoms with van der Waals surface area (Å²) in [7, 11) is 0. The minimum atomic E-state index is -6.82. The second kappa shape index (κ2) is 15.6. The van der Waals surface area contributed by atoms with Crippen molar-refractivity contribution >= 4 is 68.1 Å². The monoisotopic (exact) mass is 969 g/mol. The minimum absolute atomic E-state index is 0. The van der Waals surface area contributed by atoms with Gasteiger partial charge in [-0.05, 0) is 6.54 Å². The summed E-state index contributed by atoms with van der Waals surface area (Å²) in [6.45, 7) is -1.16. The van der Waals surface area contributed by atoms with E-state index in [-0.39, 0.29) is 43.5 Å². The second-order valence-corrected chi connectivity index (χ2v) is 12.7. The van der Waals surface area contributed by atoms with Crippen molar-refractivity contribution < 1.29 is 59.0 Å². The van der Waals surface area contributed by atoms with Gasteiger partial charge in [-0.2, -0.15) is 39.5 Å². The standard InChI is InChI=1S/C32H18N8.C6H6F9N.HI.Zn/c1-2-10-18-17(9-1)25-33-26(18)38-28-21-13-5-6-14-22(21)30(35-28)40-32-24-16-8-7-15-23(24)31(36-32)39-29-20-12-4-3-11-19(20)27(34-29)37-25;7-3(8,1-2-16)4(9,10)5(11,12)6(13,14)15;;/h1-16H,(H2,33,34,35,36,37,38,39,40);1-2,16H2;1H;. The van der Waals surface area contributed by atoms with Crippen LogP contribution in [0.5, 0.6) is 0 Å². The van der Waals surface area contributed by atoms with E-state index in [9.17, 15) is 39.5 Å². The van der Waals surface area contributed by atoms with E-state index in [1.54, 1.807) is 0 Å². The molecule has 2 aliphatic rings. The van der Waals surface area contributed by atoms with Crippen LogP contribution in [-0.2, 0) is 19.5 Å².